The van der Waals surface area contributed by atoms with Crippen LogP contribution in [0.15, 0.2) is 0 Å². The molecule has 15 heavy (non-hydrogen) atoms. The van der Waals surface area contributed by atoms with Gasteiger partial charge in [-0.2, -0.15) is 0 Å². The van der Waals surface area contributed by atoms with E-state index in [1.165, 1.54) is 5.56 Å². The fourth-order valence-electron chi connectivity index (χ4n) is 1.91. The third-order valence-electron chi connectivity index (χ3n) is 2.74. The highest BCUT2D eigenvalue weighted by Crippen LogP contribution is 2.21. The Morgan fingerprint density at radius 1 is 1.00 bits per heavy atom. The first-order chi connectivity index (χ1) is 6.97. The minimum absolute atomic E-state index is 0.212. The molecule has 1 N–H and O–H groups in total. The van der Waals surface area contributed by atoms with Crippen molar-refractivity contribution in [2.75, 3.05) is 7.05 Å². The predicted molar refractivity (Wildman–Crippen MR) is 63.1 cm³/mol. The molecule has 1 heterocycles. The molecule has 0 radical (unpaired) electrons. The number of nitrogens with zero attached hydrogens (tertiary/aromatic N) is 2. The zero-order valence-corrected chi connectivity index (χ0v) is 10.5. The van der Waals surface area contributed by atoms with Gasteiger partial charge in [0.05, 0.1) is 6.04 Å². The number of hydrogen-bond donors (Lipinski definition) is 1. The second-order valence-corrected chi connectivity index (χ2v) is 4.33. The zero-order valence-electron chi connectivity index (χ0n) is 10.5. The molecule has 0 aliphatic heterocycles. The van der Waals surface area contributed by atoms with Crippen LogP contribution in [-0.2, 0) is 0 Å². The Hall–Kier alpha value is -0.960. The molecule has 1 atom stereocenters. The summed E-state index contributed by atoms with van der Waals surface area (Å²) in [4.78, 5) is 9.10. The van der Waals surface area contributed by atoms with E-state index < -0.39 is 0 Å². The van der Waals surface area contributed by atoms with Crippen molar-refractivity contribution in [3.05, 3.63) is 22.8 Å². The molecule has 0 aliphatic rings. The van der Waals surface area contributed by atoms with Gasteiger partial charge in [-0.25, -0.2) is 9.97 Å². The van der Waals surface area contributed by atoms with Crippen LogP contribution in [0.2, 0.25) is 0 Å². The molecule has 0 aromatic carbocycles. The Kier molecular flexibility index (Phi) is 3.80. The summed E-state index contributed by atoms with van der Waals surface area (Å²) in [5.41, 5.74) is 3.49. The Labute approximate surface area is 92.3 Å². The lowest BCUT2D eigenvalue weighted by Gasteiger charge is -2.16. The molecule has 0 fully saturated rings. The lowest BCUT2D eigenvalue weighted by atomic mass is 10.00. The van der Waals surface area contributed by atoms with Crippen LogP contribution >= 0.6 is 0 Å². The molecule has 0 aliphatic carbocycles. The van der Waals surface area contributed by atoms with Crippen LogP contribution in [0.4, 0.5) is 0 Å². The van der Waals surface area contributed by atoms with Gasteiger partial charge in [-0.3, -0.25) is 0 Å². The normalized spacial score (nSPS) is 13.3. The number of aryl methyl sites for hydroxylation is 2. The third kappa shape index (κ3) is 2.53. The molecule has 1 rings (SSSR count). The van der Waals surface area contributed by atoms with E-state index in [-0.39, 0.29) is 6.04 Å². The first kappa shape index (κ1) is 12.1. The van der Waals surface area contributed by atoms with Crippen molar-refractivity contribution < 1.29 is 0 Å². The van der Waals surface area contributed by atoms with Crippen LogP contribution in [-0.4, -0.2) is 17.0 Å². The second kappa shape index (κ2) is 4.71. The van der Waals surface area contributed by atoms with Crippen LogP contribution in [0.5, 0.6) is 0 Å². The van der Waals surface area contributed by atoms with E-state index in [0.29, 0.717) is 5.92 Å². The Morgan fingerprint density at radius 3 is 1.80 bits per heavy atom. The fourth-order valence-corrected chi connectivity index (χ4v) is 1.91. The van der Waals surface area contributed by atoms with Gasteiger partial charge >= 0.3 is 0 Å². The van der Waals surface area contributed by atoms with E-state index in [1.807, 2.05) is 7.05 Å². The van der Waals surface area contributed by atoms with Crippen LogP contribution in [0.25, 0.3) is 0 Å². The minimum Gasteiger partial charge on any atom is -0.311 e. The van der Waals surface area contributed by atoms with Crippen molar-refractivity contribution in [2.24, 2.45) is 0 Å². The molecule has 0 spiro atoms. The number of rotatable bonds is 3. The average molecular weight is 207 g/mol. The topological polar surface area (TPSA) is 37.8 Å². The highest BCUT2D eigenvalue weighted by atomic mass is 15.0. The quantitative estimate of drug-likeness (QED) is 0.827. The standard InChI is InChI=1S/C12H21N3/c1-7(2)11-8(3)14-12(10(5)13-6)15-9(11)4/h7,10,13H,1-6H3/t10-/m0/s1. The van der Waals surface area contributed by atoms with Gasteiger partial charge in [0, 0.05) is 11.4 Å². The summed E-state index contributed by atoms with van der Waals surface area (Å²) in [6, 6.07) is 0.212. The summed E-state index contributed by atoms with van der Waals surface area (Å²) in [5.74, 6) is 1.38. The van der Waals surface area contributed by atoms with Crippen LogP contribution in [0, 0.1) is 13.8 Å². The van der Waals surface area contributed by atoms with E-state index in [2.05, 4.69) is 49.9 Å². The molecule has 1 aromatic heterocycles. The van der Waals surface area contributed by atoms with Gasteiger partial charge in [0.2, 0.25) is 0 Å². The fraction of sp³-hybridized carbons (Fsp3) is 0.667. The number of hydrogen-bond acceptors (Lipinski definition) is 3. The Morgan fingerprint density at radius 2 is 1.47 bits per heavy atom. The summed E-state index contributed by atoms with van der Waals surface area (Å²) in [6.45, 7) is 10.6. The van der Waals surface area contributed by atoms with Crippen LogP contribution < -0.4 is 5.32 Å². The zero-order chi connectivity index (χ0) is 11.6. The molecule has 1 aromatic rings. The van der Waals surface area contributed by atoms with E-state index in [4.69, 9.17) is 0 Å². The second-order valence-electron chi connectivity index (χ2n) is 4.33. The first-order valence-corrected chi connectivity index (χ1v) is 5.49. The molecule has 0 unspecified atom stereocenters. The monoisotopic (exact) mass is 207 g/mol. The van der Waals surface area contributed by atoms with E-state index >= 15 is 0 Å². The molecule has 3 nitrogen and oxygen atoms in total. The summed E-state index contributed by atoms with van der Waals surface area (Å²) < 4.78 is 0. The van der Waals surface area contributed by atoms with Gasteiger partial charge in [-0.05, 0) is 39.3 Å². The molecule has 0 bridgehead atoms. The van der Waals surface area contributed by atoms with Gasteiger partial charge in [0.1, 0.15) is 5.82 Å². The van der Waals surface area contributed by atoms with E-state index in [9.17, 15) is 0 Å². The summed E-state index contributed by atoms with van der Waals surface area (Å²) in [5, 5.41) is 3.16. The number of aromatic nitrogens is 2. The molecule has 0 saturated carbocycles. The van der Waals surface area contributed by atoms with Crippen LogP contribution in [0.3, 0.4) is 0 Å². The van der Waals surface area contributed by atoms with Crippen molar-refractivity contribution >= 4 is 0 Å². The average Bonchev–Trinajstić information content (AvgIpc) is 2.14. The van der Waals surface area contributed by atoms with E-state index in [0.717, 1.165) is 17.2 Å². The van der Waals surface area contributed by atoms with Crippen molar-refractivity contribution in [3.8, 4) is 0 Å². The first-order valence-electron chi connectivity index (χ1n) is 5.49. The molecule has 0 saturated heterocycles. The van der Waals surface area contributed by atoms with Gasteiger partial charge in [0.25, 0.3) is 0 Å². The number of nitrogens with one attached hydrogen (secondary N) is 1. The Bertz CT molecular complexity index is 322. The SMILES string of the molecule is CN[C@@H](C)c1nc(C)c(C(C)C)c(C)n1. The van der Waals surface area contributed by atoms with Gasteiger partial charge in [0.15, 0.2) is 0 Å². The molecule has 84 valence electrons. The molecular formula is C12H21N3. The molecule has 0 amide bonds. The smallest absolute Gasteiger partial charge is 0.145 e. The Balaban J connectivity index is 3.19. The summed E-state index contributed by atoms with van der Waals surface area (Å²) >= 11 is 0. The summed E-state index contributed by atoms with van der Waals surface area (Å²) in [6.07, 6.45) is 0. The van der Waals surface area contributed by atoms with Gasteiger partial charge in [-0.15, -0.1) is 0 Å². The van der Waals surface area contributed by atoms with Gasteiger partial charge in [-0.1, -0.05) is 13.8 Å². The third-order valence-corrected chi connectivity index (χ3v) is 2.74. The van der Waals surface area contributed by atoms with Crippen LogP contribution in [0.1, 0.15) is 55.5 Å². The van der Waals surface area contributed by atoms with Crippen molar-refractivity contribution in [1.82, 2.24) is 15.3 Å². The molecule has 3 heteroatoms. The lowest BCUT2D eigenvalue weighted by molar-refractivity contribution is 0.600. The maximum Gasteiger partial charge on any atom is 0.145 e. The molecular weight excluding hydrogens is 186 g/mol. The van der Waals surface area contributed by atoms with Crippen molar-refractivity contribution in [3.63, 3.8) is 0 Å². The van der Waals surface area contributed by atoms with E-state index in [1.54, 1.807) is 0 Å². The van der Waals surface area contributed by atoms with Crippen molar-refractivity contribution in [1.29, 1.82) is 0 Å². The highest BCUT2D eigenvalue weighted by molar-refractivity contribution is 5.27. The predicted octanol–water partition coefficient (Wildman–Crippen LogP) is 2.50. The largest absolute Gasteiger partial charge is 0.311 e. The maximum atomic E-state index is 4.55. The highest BCUT2D eigenvalue weighted by Gasteiger charge is 2.14. The summed E-state index contributed by atoms with van der Waals surface area (Å²) in [7, 11) is 1.93. The lowest BCUT2D eigenvalue weighted by Crippen LogP contribution is -2.18. The van der Waals surface area contributed by atoms with Gasteiger partial charge < -0.3 is 5.32 Å². The van der Waals surface area contributed by atoms with Crippen molar-refractivity contribution in [2.45, 2.75) is 46.6 Å². The minimum atomic E-state index is 0.212. The maximum absolute atomic E-state index is 4.55.